The highest BCUT2D eigenvalue weighted by Gasteiger charge is 2.17. The van der Waals surface area contributed by atoms with Crippen LogP contribution < -0.4 is 22.3 Å². The Labute approximate surface area is 102 Å². The second kappa shape index (κ2) is 7.84. The summed E-state index contributed by atoms with van der Waals surface area (Å²) in [5.74, 6) is -0.0932. The Morgan fingerprint density at radius 3 is 2.47 bits per heavy atom. The number of aliphatic hydroxyl groups excluding tert-OH is 1. The predicted octanol–water partition coefficient (Wildman–Crippen LogP) is -2.90. The normalized spacial score (nSPS) is 13.4. The quantitative estimate of drug-likeness (QED) is 0.323. The highest BCUT2D eigenvalue weighted by atomic mass is 79.9. The molecule has 15 heavy (non-hydrogen) atoms. The van der Waals surface area contributed by atoms with Crippen molar-refractivity contribution in [3.63, 3.8) is 0 Å². The molecule has 0 bridgehead atoms. The van der Waals surface area contributed by atoms with Crippen LogP contribution in [0.2, 0.25) is 0 Å². The molecule has 90 valence electrons. The zero-order valence-electron chi connectivity index (χ0n) is 9.83. The molecule has 1 unspecified atom stereocenters. The first-order valence-electron chi connectivity index (χ1n) is 4.78. The Kier molecular flexibility index (Phi) is 8.90. The van der Waals surface area contributed by atoms with Crippen molar-refractivity contribution in [1.82, 2.24) is 5.32 Å². The fraction of sp³-hybridized carbons (Fsp3) is 0.700. The van der Waals surface area contributed by atoms with E-state index in [1.165, 1.54) is 6.08 Å². The summed E-state index contributed by atoms with van der Waals surface area (Å²) >= 11 is 0. The van der Waals surface area contributed by atoms with Gasteiger partial charge in [-0.2, -0.15) is 0 Å². The summed E-state index contributed by atoms with van der Waals surface area (Å²) in [6.45, 7) is 4.69. The van der Waals surface area contributed by atoms with E-state index in [1.54, 1.807) is 19.9 Å². The van der Waals surface area contributed by atoms with E-state index in [0.29, 0.717) is 17.7 Å². The molecular formula is C10H21BrN2O2. The average molecular weight is 281 g/mol. The molecule has 5 heteroatoms. The van der Waals surface area contributed by atoms with Gasteiger partial charge in [-0.3, -0.25) is 4.79 Å². The third-order valence-electron chi connectivity index (χ3n) is 1.76. The highest BCUT2D eigenvalue weighted by molar-refractivity contribution is 5.87. The number of aliphatic hydroxyl groups is 1. The lowest BCUT2D eigenvalue weighted by Gasteiger charge is -2.30. The largest absolute Gasteiger partial charge is 1.00 e. The number of rotatable bonds is 5. The van der Waals surface area contributed by atoms with Crippen LogP contribution in [0.5, 0.6) is 0 Å². The molecule has 0 fully saturated rings. The van der Waals surface area contributed by atoms with Crippen molar-refractivity contribution in [3.05, 3.63) is 12.2 Å². The van der Waals surface area contributed by atoms with E-state index in [4.69, 9.17) is 0 Å². The Morgan fingerprint density at radius 2 is 2.07 bits per heavy atom. The molecule has 0 aliphatic carbocycles. The van der Waals surface area contributed by atoms with Gasteiger partial charge in [0.2, 0.25) is 5.91 Å². The van der Waals surface area contributed by atoms with Crippen LogP contribution in [0, 0.1) is 0 Å². The van der Waals surface area contributed by atoms with Crippen molar-refractivity contribution < 1.29 is 31.4 Å². The van der Waals surface area contributed by atoms with Gasteiger partial charge in [0, 0.05) is 0 Å². The van der Waals surface area contributed by atoms with E-state index in [-0.39, 0.29) is 29.0 Å². The predicted molar refractivity (Wildman–Crippen MR) is 56.5 cm³/mol. The van der Waals surface area contributed by atoms with E-state index >= 15 is 0 Å². The van der Waals surface area contributed by atoms with E-state index in [0.717, 1.165) is 0 Å². The Hall–Kier alpha value is -0.390. The highest BCUT2D eigenvalue weighted by Crippen LogP contribution is 1.97. The summed E-state index contributed by atoms with van der Waals surface area (Å²) in [6, 6.07) is 0. The SMILES string of the molecule is CC=CC(=O)NC[N+](C)(C)CC(C)O.[Br-]. The molecular weight excluding hydrogens is 260 g/mol. The average Bonchev–Trinajstić information content (AvgIpc) is 1.99. The first-order valence-corrected chi connectivity index (χ1v) is 4.78. The fourth-order valence-electron chi connectivity index (χ4n) is 1.28. The molecule has 0 aliphatic rings. The van der Waals surface area contributed by atoms with E-state index in [9.17, 15) is 9.90 Å². The van der Waals surface area contributed by atoms with Gasteiger partial charge in [0.05, 0.1) is 14.1 Å². The van der Waals surface area contributed by atoms with Gasteiger partial charge in [-0.15, -0.1) is 0 Å². The maximum Gasteiger partial charge on any atom is 0.247 e. The number of hydrogen-bond donors (Lipinski definition) is 2. The lowest BCUT2D eigenvalue weighted by molar-refractivity contribution is -0.894. The second-order valence-electron chi connectivity index (χ2n) is 4.17. The number of likely N-dealkylation sites (N-methyl/N-ethyl adjacent to an activating group) is 1. The van der Waals surface area contributed by atoms with Crippen molar-refractivity contribution >= 4 is 5.91 Å². The molecule has 1 amide bonds. The maximum atomic E-state index is 11.1. The molecule has 0 aromatic carbocycles. The number of halogens is 1. The molecule has 1 atom stereocenters. The third-order valence-corrected chi connectivity index (χ3v) is 1.76. The van der Waals surface area contributed by atoms with Gasteiger partial charge in [-0.05, 0) is 19.9 Å². The summed E-state index contributed by atoms with van der Waals surface area (Å²) in [4.78, 5) is 11.1. The number of hydrogen-bond acceptors (Lipinski definition) is 2. The minimum absolute atomic E-state index is 0. The summed E-state index contributed by atoms with van der Waals surface area (Å²) in [5, 5.41) is 12.0. The van der Waals surface area contributed by atoms with Crippen molar-refractivity contribution in [1.29, 1.82) is 0 Å². The molecule has 0 aliphatic heterocycles. The van der Waals surface area contributed by atoms with E-state index in [1.807, 2.05) is 14.1 Å². The Bertz CT molecular complexity index is 215. The van der Waals surface area contributed by atoms with Crippen molar-refractivity contribution in [2.45, 2.75) is 20.0 Å². The van der Waals surface area contributed by atoms with Crippen LogP contribution in [0.3, 0.4) is 0 Å². The smallest absolute Gasteiger partial charge is 0.247 e. The monoisotopic (exact) mass is 280 g/mol. The lowest BCUT2D eigenvalue weighted by Crippen LogP contribution is -3.00. The number of nitrogens with one attached hydrogen (secondary N) is 1. The molecule has 0 aromatic rings. The van der Waals surface area contributed by atoms with Crippen LogP contribution in [0.25, 0.3) is 0 Å². The van der Waals surface area contributed by atoms with Crippen LogP contribution >= 0.6 is 0 Å². The van der Waals surface area contributed by atoms with Crippen molar-refractivity contribution in [3.8, 4) is 0 Å². The van der Waals surface area contributed by atoms with E-state index in [2.05, 4.69) is 5.32 Å². The molecule has 0 radical (unpaired) electrons. The number of carbonyl (C=O) groups excluding carboxylic acids is 1. The topological polar surface area (TPSA) is 49.3 Å². The van der Waals surface area contributed by atoms with Gasteiger partial charge in [0.15, 0.2) is 6.67 Å². The molecule has 4 nitrogen and oxygen atoms in total. The minimum Gasteiger partial charge on any atom is -1.00 e. The molecule has 0 heterocycles. The fourth-order valence-corrected chi connectivity index (χ4v) is 1.28. The van der Waals surface area contributed by atoms with Gasteiger partial charge in [-0.1, -0.05) is 6.08 Å². The first kappa shape index (κ1) is 17.0. The zero-order chi connectivity index (χ0) is 11.2. The van der Waals surface area contributed by atoms with Gasteiger partial charge in [0.25, 0.3) is 0 Å². The number of nitrogens with zero attached hydrogens (tertiary/aromatic N) is 1. The summed E-state index contributed by atoms with van der Waals surface area (Å²) < 4.78 is 0.570. The lowest BCUT2D eigenvalue weighted by atomic mass is 10.3. The molecule has 0 saturated carbocycles. The van der Waals surface area contributed by atoms with Crippen LogP contribution in [-0.4, -0.2) is 48.9 Å². The number of quaternary nitrogens is 1. The van der Waals surface area contributed by atoms with Crippen LogP contribution in [-0.2, 0) is 4.79 Å². The first-order chi connectivity index (χ1) is 6.37. The molecule has 0 aromatic heterocycles. The van der Waals surface area contributed by atoms with Crippen LogP contribution in [0.15, 0.2) is 12.2 Å². The minimum atomic E-state index is -0.358. The maximum absolute atomic E-state index is 11.1. The summed E-state index contributed by atoms with van der Waals surface area (Å²) in [5.41, 5.74) is 0. The Balaban J connectivity index is 0. The van der Waals surface area contributed by atoms with Crippen molar-refractivity contribution in [2.75, 3.05) is 27.3 Å². The summed E-state index contributed by atoms with van der Waals surface area (Å²) in [7, 11) is 3.92. The number of amides is 1. The van der Waals surface area contributed by atoms with Crippen LogP contribution in [0.4, 0.5) is 0 Å². The molecule has 2 N–H and O–H groups in total. The van der Waals surface area contributed by atoms with Gasteiger partial charge < -0.3 is 31.9 Å². The molecule has 0 rings (SSSR count). The standard InChI is InChI=1S/C10H20N2O2.BrH/c1-5-6-10(14)11-8-12(3,4)7-9(2)13;/h5-6,9,13H,7-8H2,1-4H3;1H. The van der Waals surface area contributed by atoms with Crippen LogP contribution in [0.1, 0.15) is 13.8 Å². The molecule has 0 saturated heterocycles. The van der Waals surface area contributed by atoms with E-state index < -0.39 is 0 Å². The van der Waals surface area contributed by atoms with Gasteiger partial charge in [0.1, 0.15) is 12.6 Å². The Morgan fingerprint density at radius 1 is 1.53 bits per heavy atom. The van der Waals surface area contributed by atoms with Crippen molar-refractivity contribution in [2.24, 2.45) is 0 Å². The molecule has 0 spiro atoms. The van der Waals surface area contributed by atoms with Gasteiger partial charge in [-0.25, -0.2) is 0 Å². The number of allylic oxidation sites excluding steroid dienone is 1. The number of carbonyl (C=O) groups is 1. The third kappa shape index (κ3) is 9.90. The summed E-state index contributed by atoms with van der Waals surface area (Å²) in [6.07, 6.45) is 2.83. The zero-order valence-corrected chi connectivity index (χ0v) is 11.4. The second-order valence-corrected chi connectivity index (χ2v) is 4.17. The van der Waals surface area contributed by atoms with Gasteiger partial charge >= 0.3 is 0 Å².